The quantitative estimate of drug-likeness (QED) is 0.646. The average Bonchev–Trinajstić information content (AvgIpc) is 3.09. The number of piperazine rings is 1. The molecule has 0 saturated carbocycles. The third-order valence-corrected chi connectivity index (χ3v) is 5.83. The van der Waals surface area contributed by atoms with E-state index in [-0.39, 0.29) is 24.3 Å². The van der Waals surface area contributed by atoms with Crippen LogP contribution >= 0.6 is 0 Å². The maximum atomic E-state index is 13.1. The van der Waals surface area contributed by atoms with Crippen LogP contribution in [0.25, 0.3) is 6.08 Å². The van der Waals surface area contributed by atoms with Crippen LogP contribution in [0.4, 0.5) is 5.69 Å². The van der Waals surface area contributed by atoms with Gasteiger partial charge >= 0.3 is 0 Å². The Labute approximate surface area is 183 Å². The minimum Gasteiger partial charge on any atom is -0.494 e. The molecule has 2 aliphatic rings. The number of rotatable bonds is 7. The Morgan fingerprint density at radius 1 is 1.00 bits per heavy atom. The molecule has 2 aliphatic heterocycles. The van der Waals surface area contributed by atoms with Crippen LogP contribution in [0.2, 0.25) is 0 Å². The molecule has 0 spiro atoms. The number of nitrogens with zero attached hydrogens (tertiary/aromatic N) is 3. The maximum absolute atomic E-state index is 13.1. The highest BCUT2D eigenvalue weighted by Crippen LogP contribution is 2.29. The lowest BCUT2D eigenvalue weighted by Crippen LogP contribution is -2.52. The first kappa shape index (κ1) is 21.3. The van der Waals surface area contributed by atoms with E-state index >= 15 is 0 Å². The highest BCUT2D eigenvalue weighted by atomic mass is 16.5. The number of anilines is 1. The van der Waals surface area contributed by atoms with Gasteiger partial charge in [0.2, 0.25) is 5.91 Å². The van der Waals surface area contributed by atoms with Crippen LogP contribution in [0.3, 0.4) is 0 Å². The second kappa shape index (κ2) is 9.90. The van der Waals surface area contributed by atoms with Crippen molar-refractivity contribution in [3.05, 3.63) is 66.2 Å². The largest absolute Gasteiger partial charge is 0.494 e. The Hall–Kier alpha value is -2.96. The molecule has 31 heavy (non-hydrogen) atoms. The van der Waals surface area contributed by atoms with E-state index in [0.717, 1.165) is 32.7 Å². The molecular formula is C25H29N3O3. The number of carbonyl (C=O) groups is 2. The van der Waals surface area contributed by atoms with Crippen LogP contribution in [0.5, 0.6) is 5.75 Å². The van der Waals surface area contributed by atoms with Gasteiger partial charge in [-0.05, 0) is 24.6 Å². The van der Waals surface area contributed by atoms with Crippen molar-refractivity contribution in [2.45, 2.75) is 19.4 Å². The van der Waals surface area contributed by atoms with E-state index in [0.29, 0.717) is 18.0 Å². The fourth-order valence-electron chi connectivity index (χ4n) is 4.21. The van der Waals surface area contributed by atoms with E-state index in [1.807, 2.05) is 37.3 Å². The molecule has 0 unspecified atom stereocenters. The fourth-order valence-corrected chi connectivity index (χ4v) is 4.21. The van der Waals surface area contributed by atoms with E-state index in [1.54, 1.807) is 12.1 Å². The highest BCUT2D eigenvalue weighted by Gasteiger charge is 2.43. The summed E-state index contributed by atoms with van der Waals surface area (Å²) in [7, 11) is 0. The molecule has 4 rings (SSSR count). The topological polar surface area (TPSA) is 53.1 Å². The lowest BCUT2D eigenvalue weighted by Gasteiger charge is -2.36. The summed E-state index contributed by atoms with van der Waals surface area (Å²) >= 11 is 0. The van der Waals surface area contributed by atoms with Crippen molar-refractivity contribution in [3.8, 4) is 5.75 Å². The predicted molar refractivity (Wildman–Crippen MR) is 122 cm³/mol. The minimum atomic E-state index is -0.370. The van der Waals surface area contributed by atoms with Crippen molar-refractivity contribution in [2.24, 2.45) is 0 Å². The third-order valence-electron chi connectivity index (χ3n) is 5.83. The van der Waals surface area contributed by atoms with Crippen molar-refractivity contribution in [2.75, 3.05) is 44.2 Å². The van der Waals surface area contributed by atoms with E-state index < -0.39 is 0 Å². The molecule has 162 valence electrons. The monoisotopic (exact) mass is 419 g/mol. The van der Waals surface area contributed by atoms with Gasteiger partial charge in [0.05, 0.1) is 24.8 Å². The summed E-state index contributed by atoms with van der Waals surface area (Å²) in [6.07, 6.45) is 4.56. The molecule has 1 atom stereocenters. The minimum absolute atomic E-state index is 0.129. The fraction of sp³-hybridized carbons (Fsp3) is 0.360. The Kier molecular flexibility index (Phi) is 6.79. The zero-order chi connectivity index (χ0) is 21.6. The van der Waals surface area contributed by atoms with Crippen LogP contribution in [0.15, 0.2) is 60.7 Å². The van der Waals surface area contributed by atoms with E-state index in [4.69, 9.17) is 4.74 Å². The Balaban J connectivity index is 1.33. The summed E-state index contributed by atoms with van der Waals surface area (Å²) in [4.78, 5) is 31.6. The van der Waals surface area contributed by atoms with Gasteiger partial charge in [-0.1, -0.05) is 48.6 Å². The van der Waals surface area contributed by atoms with Gasteiger partial charge < -0.3 is 4.74 Å². The number of amides is 2. The molecule has 6 heteroatoms. The maximum Gasteiger partial charge on any atom is 0.251 e. The lowest BCUT2D eigenvalue weighted by molar-refractivity contribution is -0.123. The van der Waals surface area contributed by atoms with Gasteiger partial charge in [-0.2, -0.15) is 0 Å². The van der Waals surface area contributed by atoms with E-state index in [1.165, 1.54) is 10.5 Å². The lowest BCUT2D eigenvalue weighted by atomic mass is 10.1. The zero-order valence-electron chi connectivity index (χ0n) is 17.9. The molecule has 2 saturated heterocycles. The van der Waals surface area contributed by atoms with Crippen LogP contribution in [-0.4, -0.2) is 67.0 Å². The van der Waals surface area contributed by atoms with Crippen LogP contribution in [-0.2, 0) is 9.59 Å². The number of hydrogen-bond donors (Lipinski definition) is 0. The Bertz CT molecular complexity index is 936. The molecular weight excluding hydrogens is 390 g/mol. The van der Waals surface area contributed by atoms with Gasteiger partial charge in [-0.3, -0.25) is 19.4 Å². The number of hydrogen-bond acceptors (Lipinski definition) is 5. The number of imide groups is 1. The molecule has 2 aromatic rings. The molecule has 2 amide bonds. The first-order chi connectivity index (χ1) is 15.2. The van der Waals surface area contributed by atoms with Crippen LogP contribution in [0.1, 0.15) is 18.9 Å². The van der Waals surface area contributed by atoms with Crippen LogP contribution < -0.4 is 9.64 Å². The highest BCUT2D eigenvalue weighted by molar-refractivity contribution is 6.22. The van der Waals surface area contributed by atoms with Gasteiger partial charge in [0.25, 0.3) is 5.91 Å². The van der Waals surface area contributed by atoms with Gasteiger partial charge in [-0.15, -0.1) is 0 Å². The SMILES string of the molecule is CCOc1cccc(N2C(=O)C[C@@H](N3CCN(C/C=C/c4ccccc4)CC3)C2=O)c1. The summed E-state index contributed by atoms with van der Waals surface area (Å²) in [5, 5.41) is 0. The molecule has 2 fully saturated rings. The molecule has 6 nitrogen and oxygen atoms in total. The van der Waals surface area contributed by atoms with Crippen molar-refractivity contribution >= 4 is 23.6 Å². The standard InChI is InChI=1S/C25H29N3O3/c1-2-31-22-12-6-11-21(18-22)28-24(29)19-23(25(28)30)27-16-14-26(15-17-27)13-7-10-20-8-4-3-5-9-20/h3-12,18,23H,2,13-17,19H2,1H3/b10-7+/t23-/m1/s1. The summed E-state index contributed by atoms with van der Waals surface area (Å²) in [5.41, 5.74) is 1.79. The van der Waals surface area contributed by atoms with Crippen molar-refractivity contribution in [3.63, 3.8) is 0 Å². The number of ether oxygens (including phenoxy) is 1. The Morgan fingerprint density at radius 2 is 1.77 bits per heavy atom. The second-order valence-corrected chi connectivity index (χ2v) is 7.87. The summed E-state index contributed by atoms with van der Waals surface area (Å²) in [6.45, 7) is 6.68. The van der Waals surface area contributed by atoms with Gasteiger partial charge in [0.1, 0.15) is 5.75 Å². The molecule has 0 aromatic heterocycles. The summed E-state index contributed by atoms with van der Waals surface area (Å²) in [6, 6.07) is 17.1. The first-order valence-corrected chi connectivity index (χ1v) is 10.9. The summed E-state index contributed by atoms with van der Waals surface area (Å²) < 4.78 is 5.52. The smallest absolute Gasteiger partial charge is 0.251 e. The molecule has 2 heterocycles. The van der Waals surface area contributed by atoms with E-state index in [9.17, 15) is 9.59 Å². The van der Waals surface area contributed by atoms with Gasteiger partial charge in [0, 0.05) is 38.8 Å². The average molecular weight is 420 g/mol. The number of carbonyl (C=O) groups excluding carboxylic acids is 2. The van der Waals surface area contributed by atoms with Gasteiger partial charge in [-0.25, -0.2) is 4.90 Å². The second-order valence-electron chi connectivity index (χ2n) is 7.87. The van der Waals surface area contributed by atoms with Crippen molar-refractivity contribution < 1.29 is 14.3 Å². The number of benzene rings is 2. The summed E-state index contributed by atoms with van der Waals surface area (Å²) in [5.74, 6) is 0.397. The molecule has 0 bridgehead atoms. The predicted octanol–water partition coefficient (Wildman–Crippen LogP) is 3.05. The van der Waals surface area contributed by atoms with E-state index in [2.05, 4.69) is 34.1 Å². The Morgan fingerprint density at radius 3 is 2.52 bits per heavy atom. The van der Waals surface area contributed by atoms with Crippen molar-refractivity contribution in [1.29, 1.82) is 0 Å². The molecule has 0 aliphatic carbocycles. The first-order valence-electron chi connectivity index (χ1n) is 10.9. The molecule has 0 N–H and O–H groups in total. The normalized spacial score (nSPS) is 20.7. The molecule has 0 radical (unpaired) electrons. The molecule has 2 aromatic carbocycles. The van der Waals surface area contributed by atoms with Gasteiger partial charge in [0.15, 0.2) is 0 Å². The van der Waals surface area contributed by atoms with Crippen molar-refractivity contribution in [1.82, 2.24) is 9.80 Å². The third kappa shape index (κ3) is 5.03. The van der Waals surface area contributed by atoms with Crippen LogP contribution in [0, 0.1) is 0 Å². The zero-order valence-corrected chi connectivity index (χ0v) is 17.9.